The molecule has 0 saturated heterocycles. The van der Waals surface area contributed by atoms with E-state index in [4.69, 9.17) is 9.72 Å². The lowest BCUT2D eigenvalue weighted by Gasteiger charge is -2.23. The molecule has 1 unspecified atom stereocenters. The van der Waals surface area contributed by atoms with Gasteiger partial charge in [-0.15, -0.1) is 0 Å². The minimum absolute atomic E-state index is 0.158. The summed E-state index contributed by atoms with van der Waals surface area (Å²) in [5.41, 5.74) is 5.44. The lowest BCUT2D eigenvalue weighted by atomic mass is 9.87. The third kappa shape index (κ3) is 3.68. The highest BCUT2D eigenvalue weighted by atomic mass is 16.5. The third-order valence-electron chi connectivity index (χ3n) is 5.09. The predicted molar refractivity (Wildman–Crippen MR) is 102 cm³/mol. The number of H-pyrrole nitrogens is 1. The van der Waals surface area contributed by atoms with Gasteiger partial charge in [-0.3, -0.25) is 0 Å². The number of rotatable bonds is 6. The van der Waals surface area contributed by atoms with Crippen LogP contribution in [0.2, 0.25) is 0 Å². The number of nitrogens with zero attached hydrogens (tertiary/aromatic N) is 3. The summed E-state index contributed by atoms with van der Waals surface area (Å²) < 4.78 is 5.53. The molecule has 3 aromatic rings. The Morgan fingerprint density at radius 3 is 2.69 bits per heavy atom. The fourth-order valence-corrected chi connectivity index (χ4v) is 3.10. The molecule has 136 valence electrons. The highest BCUT2D eigenvalue weighted by molar-refractivity contribution is 5.40. The van der Waals surface area contributed by atoms with Crippen molar-refractivity contribution in [2.75, 3.05) is 7.11 Å². The number of aryl methyl sites for hydroxylation is 1. The van der Waals surface area contributed by atoms with Gasteiger partial charge in [0.2, 0.25) is 0 Å². The van der Waals surface area contributed by atoms with Gasteiger partial charge < -0.3 is 9.72 Å². The van der Waals surface area contributed by atoms with E-state index < -0.39 is 5.60 Å². The van der Waals surface area contributed by atoms with Crippen LogP contribution < -0.4 is 0 Å². The molecule has 2 aromatic heterocycles. The fourth-order valence-electron chi connectivity index (χ4n) is 3.10. The zero-order valence-corrected chi connectivity index (χ0v) is 16.1. The molecule has 0 radical (unpaired) electrons. The monoisotopic (exact) mass is 350 g/mol. The molecule has 5 nitrogen and oxygen atoms in total. The van der Waals surface area contributed by atoms with Crippen molar-refractivity contribution in [3.8, 4) is 0 Å². The summed E-state index contributed by atoms with van der Waals surface area (Å²) in [6.07, 6.45) is 6.20. The number of hydrogen-bond donors (Lipinski definition) is 1. The molecule has 1 atom stereocenters. The summed E-state index contributed by atoms with van der Waals surface area (Å²) in [5, 5.41) is 0. The number of aromatic amines is 1. The molecule has 0 fully saturated rings. The molecular formula is C21H26N4O. The second kappa shape index (κ2) is 7.38. The first-order valence-corrected chi connectivity index (χ1v) is 8.84. The van der Waals surface area contributed by atoms with Gasteiger partial charge in [0.25, 0.3) is 0 Å². The second-order valence-corrected chi connectivity index (χ2v) is 7.14. The van der Waals surface area contributed by atoms with E-state index in [0.29, 0.717) is 5.82 Å². The Kier molecular flexibility index (Phi) is 5.18. The first kappa shape index (κ1) is 18.3. The quantitative estimate of drug-likeness (QED) is 0.728. The molecule has 0 aliphatic carbocycles. The maximum atomic E-state index is 5.53. The van der Waals surface area contributed by atoms with Gasteiger partial charge in [-0.2, -0.15) is 0 Å². The van der Waals surface area contributed by atoms with Crippen molar-refractivity contribution in [2.24, 2.45) is 0 Å². The van der Waals surface area contributed by atoms with Crippen LogP contribution in [0, 0.1) is 13.8 Å². The highest BCUT2D eigenvalue weighted by Crippen LogP contribution is 2.30. The van der Waals surface area contributed by atoms with Crippen LogP contribution in [0.15, 0.2) is 43.0 Å². The van der Waals surface area contributed by atoms with E-state index in [-0.39, 0.29) is 5.92 Å². The molecule has 0 aliphatic rings. The third-order valence-corrected chi connectivity index (χ3v) is 5.09. The minimum Gasteiger partial charge on any atom is -0.371 e. The van der Waals surface area contributed by atoms with Crippen molar-refractivity contribution in [3.05, 3.63) is 76.9 Å². The maximum absolute atomic E-state index is 5.53. The van der Waals surface area contributed by atoms with E-state index in [9.17, 15) is 0 Å². The Labute approximate surface area is 154 Å². The van der Waals surface area contributed by atoms with E-state index >= 15 is 0 Å². The molecule has 5 heteroatoms. The molecule has 1 N–H and O–H groups in total. The van der Waals surface area contributed by atoms with Crippen molar-refractivity contribution < 1.29 is 4.74 Å². The lowest BCUT2D eigenvalue weighted by Crippen LogP contribution is -2.23. The van der Waals surface area contributed by atoms with Gasteiger partial charge in [0, 0.05) is 43.2 Å². The van der Waals surface area contributed by atoms with Crippen LogP contribution in [0.4, 0.5) is 0 Å². The smallest absolute Gasteiger partial charge is 0.159 e. The fraction of sp³-hybridized carbons (Fsp3) is 0.381. The summed E-state index contributed by atoms with van der Waals surface area (Å²) in [5.74, 6) is 0.854. The van der Waals surface area contributed by atoms with E-state index in [0.717, 1.165) is 17.8 Å². The van der Waals surface area contributed by atoms with Crippen molar-refractivity contribution in [3.63, 3.8) is 0 Å². The summed E-state index contributed by atoms with van der Waals surface area (Å²) in [7, 11) is 1.68. The molecule has 0 bridgehead atoms. The molecule has 0 spiro atoms. The Morgan fingerprint density at radius 1 is 1.19 bits per heavy atom. The Bertz CT molecular complexity index is 871. The van der Waals surface area contributed by atoms with Crippen molar-refractivity contribution in [1.29, 1.82) is 0 Å². The van der Waals surface area contributed by atoms with Gasteiger partial charge in [-0.1, -0.05) is 18.2 Å². The first-order chi connectivity index (χ1) is 12.4. The van der Waals surface area contributed by atoms with Crippen LogP contribution in [0.1, 0.15) is 53.7 Å². The van der Waals surface area contributed by atoms with Crippen molar-refractivity contribution in [1.82, 2.24) is 19.9 Å². The van der Waals surface area contributed by atoms with Crippen LogP contribution in [0.5, 0.6) is 0 Å². The van der Waals surface area contributed by atoms with E-state index in [2.05, 4.69) is 47.0 Å². The first-order valence-electron chi connectivity index (χ1n) is 8.84. The van der Waals surface area contributed by atoms with Crippen molar-refractivity contribution >= 4 is 0 Å². The van der Waals surface area contributed by atoms with Crippen molar-refractivity contribution in [2.45, 2.75) is 45.6 Å². The van der Waals surface area contributed by atoms with Gasteiger partial charge in [-0.25, -0.2) is 15.0 Å². The van der Waals surface area contributed by atoms with Crippen LogP contribution in [0.25, 0.3) is 0 Å². The summed E-state index contributed by atoms with van der Waals surface area (Å²) in [6.45, 7) is 8.27. The summed E-state index contributed by atoms with van der Waals surface area (Å²) in [4.78, 5) is 16.7. The summed E-state index contributed by atoms with van der Waals surface area (Å²) >= 11 is 0. The molecule has 0 amide bonds. The molecule has 2 heterocycles. The van der Waals surface area contributed by atoms with Crippen LogP contribution >= 0.6 is 0 Å². The predicted octanol–water partition coefficient (Wildman–Crippen LogP) is 4.07. The average Bonchev–Trinajstić information content (AvgIpc) is 3.17. The number of imidazole rings is 1. The summed E-state index contributed by atoms with van der Waals surface area (Å²) in [6, 6.07) is 8.42. The molecular weight excluding hydrogens is 324 g/mol. The number of nitrogens with one attached hydrogen (secondary N) is 1. The van der Waals surface area contributed by atoms with Gasteiger partial charge in [-0.05, 0) is 50.5 Å². The average molecular weight is 350 g/mol. The zero-order chi connectivity index (χ0) is 18.7. The lowest BCUT2D eigenvalue weighted by molar-refractivity contribution is 0.0112. The second-order valence-electron chi connectivity index (χ2n) is 7.14. The SMILES string of the molecule is COC(C)(C)c1nccc(CC(c2cnc[nH]2)c2cccc(C)c2C)n1. The molecule has 1 aromatic carbocycles. The van der Waals surface area contributed by atoms with Crippen LogP contribution in [0.3, 0.4) is 0 Å². The van der Waals surface area contributed by atoms with E-state index in [1.165, 1.54) is 16.7 Å². The Hall–Kier alpha value is -2.53. The van der Waals surface area contributed by atoms with Gasteiger partial charge in [0.1, 0.15) is 5.60 Å². The van der Waals surface area contributed by atoms with Gasteiger partial charge in [0.05, 0.1) is 6.33 Å². The Morgan fingerprint density at radius 2 is 2.00 bits per heavy atom. The number of aromatic nitrogens is 4. The number of ether oxygens (including phenoxy) is 1. The largest absolute Gasteiger partial charge is 0.371 e. The molecule has 0 saturated carbocycles. The molecule has 26 heavy (non-hydrogen) atoms. The standard InChI is InChI=1S/C21H26N4O/c1-14-7-6-8-17(15(14)2)18(19-12-22-13-24-19)11-16-9-10-23-20(25-16)21(3,4)26-5/h6-10,12-13,18H,11H2,1-5H3,(H,22,24). The zero-order valence-electron chi connectivity index (χ0n) is 16.1. The van der Waals surface area contributed by atoms with E-state index in [1.807, 2.05) is 32.3 Å². The van der Waals surface area contributed by atoms with Gasteiger partial charge >= 0.3 is 0 Å². The van der Waals surface area contributed by atoms with Crippen LogP contribution in [-0.4, -0.2) is 27.0 Å². The minimum atomic E-state index is -0.515. The maximum Gasteiger partial charge on any atom is 0.159 e. The number of benzene rings is 1. The van der Waals surface area contributed by atoms with E-state index in [1.54, 1.807) is 13.4 Å². The van der Waals surface area contributed by atoms with Crippen LogP contribution in [-0.2, 0) is 16.8 Å². The Balaban J connectivity index is 2.00. The normalized spacial score (nSPS) is 13.0. The topological polar surface area (TPSA) is 63.7 Å². The van der Waals surface area contributed by atoms with Gasteiger partial charge in [0.15, 0.2) is 5.82 Å². The highest BCUT2D eigenvalue weighted by Gasteiger charge is 2.25. The molecule has 0 aliphatic heterocycles. The molecule has 3 rings (SSSR count). The number of methoxy groups -OCH3 is 1. The number of hydrogen-bond acceptors (Lipinski definition) is 4.